The number of aromatic nitrogens is 2. The van der Waals surface area contributed by atoms with E-state index in [0.717, 1.165) is 5.75 Å². The number of hydrogen-bond donors (Lipinski definition) is 2. The number of nitrogens with two attached hydrogens (primary N) is 1. The van der Waals surface area contributed by atoms with Crippen molar-refractivity contribution in [3.05, 3.63) is 36.0 Å². The van der Waals surface area contributed by atoms with Crippen LogP contribution in [-0.2, 0) is 4.74 Å². The molecule has 10 nitrogen and oxygen atoms in total. The fourth-order valence-electron chi connectivity index (χ4n) is 3.02. The van der Waals surface area contributed by atoms with E-state index in [-0.39, 0.29) is 17.5 Å². The van der Waals surface area contributed by atoms with E-state index in [2.05, 4.69) is 15.3 Å². The van der Waals surface area contributed by atoms with Crippen LogP contribution in [0.25, 0.3) is 0 Å². The number of benzene rings is 1. The molecule has 0 radical (unpaired) electrons. The zero-order valence-corrected chi connectivity index (χ0v) is 17.1. The largest absolute Gasteiger partial charge is 0.494 e. The van der Waals surface area contributed by atoms with Gasteiger partial charge in [0.15, 0.2) is 0 Å². The van der Waals surface area contributed by atoms with Gasteiger partial charge in [0, 0.05) is 38.1 Å². The summed E-state index contributed by atoms with van der Waals surface area (Å²) >= 11 is 0. The number of piperazine rings is 1. The number of ether oxygens (including phenoxy) is 2. The molecule has 2 amide bonds. The minimum absolute atomic E-state index is 0.0938. The number of carbonyl (C=O) groups is 2. The molecule has 1 fully saturated rings. The summed E-state index contributed by atoms with van der Waals surface area (Å²) in [5, 5.41) is 2.77. The van der Waals surface area contributed by atoms with Crippen LogP contribution >= 0.6 is 0 Å². The highest BCUT2D eigenvalue weighted by atomic mass is 16.6. The van der Waals surface area contributed by atoms with Crippen molar-refractivity contribution in [2.45, 2.75) is 13.8 Å². The number of hydrogen-bond acceptors (Lipinski definition) is 8. The molecule has 0 atom stereocenters. The Hall–Kier alpha value is -3.56. The van der Waals surface area contributed by atoms with Gasteiger partial charge in [0.2, 0.25) is 5.95 Å². The quantitative estimate of drug-likeness (QED) is 0.736. The summed E-state index contributed by atoms with van der Waals surface area (Å²) in [5.41, 5.74) is 6.82. The maximum atomic E-state index is 12.5. The number of anilines is 3. The second-order valence-corrected chi connectivity index (χ2v) is 6.55. The van der Waals surface area contributed by atoms with Gasteiger partial charge in [0.05, 0.1) is 13.2 Å². The molecule has 160 valence electrons. The molecular weight excluding hydrogens is 388 g/mol. The number of nitrogen functional groups attached to an aromatic ring is 1. The third-order valence-electron chi connectivity index (χ3n) is 4.56. The lowest BCUT2D eigenvalue weighted by Crippen LogP contribution is -2.49. The van der Waals surface area contributed by atoms with Gasteiger partial charge < -0.3 is 30.3 Å². The van der Waals surface area contributed by atoms with E-state index in [1.54, 1.807) is 36.1 Å². The molecule has 2 heterocycles. The van der Waals surface area contributed by atoms with Crippen LogP contribution in [0.3, 0.4) is 0 Å². The second-order valence-electron chi connectivity index (χ2n) is 6.55. The fraction of sp³-hybridized carbons (Fsp3) is 0.400. The van der Waals surface area contributed by atoms with Gasteiger partial charge in [0.1, 0.15) is 17.1 Å². The van der Waals surface area contributed by atoms with Crippen molar-refractivity contribution >= 4 is 29.5 Å². The fourth-order valence-corrected chi connectivity index (χ4v) is 3.02. The minimum atomic E-state index is -0.393. The van der Waals surface area contributed by atoms with E-state index < -0.39 is 5.91 Å². The van der Waals surface area contributed by atoms with E-state index in [4.69, 9.17) is 15.2 Å². The maximum Gasteiger partial charge on any atom is 0.409 e. The minimum Gasteiger partial charge on any atom is -0.494 e. The number of nitrogens with one attached hydrogen (secondary N) is 1. The van der Waals surface area contributed by atoms with Crippen LogP contribution in [0.2, 0.25) is 0 Å². The molecule has 1 aliphatic rings. The molecule has 3 rings (SSSR count). The molecule has 2 aromatic rings. The zero-order chi connectivity index (χ0) is 21.5. The summed E-state index contributed by atoms with van der Waals surface area (Å²) in [5.74, 6) is 0.853. The molecule has 1 aliphatic heterocycles. The summed E-state index contributed by atoms with van der Waals surface area (Å²) < 4.78 is 10.4. The molecule has 0 unspecified atom stereocenters. The molecule has 1 aromatic heterocycles. The van der Waals surface area contributed by atoms with Crippen LogP contribution in [-0.4, -0.2) is 66.3 Å². The summed E-state index contributed by atoms with van der Waals surface area (Å²) in [6.07, 6.45) is 1.10. The maximum absolute atomic E-state index is 12.5. The Morgan fingerprint density at radius 3 is 2.40 bits per heavy atom. The Bertz CT molecular complexity index is 881. The van der Waals surface area contributed by atoms with E-state index in [1.165, 1.54) is 6.20 Å². The number of carbonyl (C=O) groups excluding carboxylic acids is 2. The lowest BCUT2D eigenvalue weighted by molar-refractivity contribution is 0.102. The van der Waals surface area contributed by atoms with E-state index >= 15 is 0 Å². The molecule has 1 saturated heterocycles. The molecule has 30 heavy (non-hydrogen) atoms. The number of rotatable bonds is 6. The first-order valence-electron chi connectivity index (χ1n) is 9.85. The zero-order valence-electron chi connectivity index (χ0n) is 17.1. The highest BCUT2D eigenvalue weighted by Gasteiger charge is 2.24. The lowest BCUT2D eigenvalue weighted by Gasteiger charge is -2.34. The van der Waals surface area contributed by atoms with Crippen LogP contribution in [0.4, 0.5) is 22.2 Å². The molecule has 10 heteroatoms. The van der Waals surface area contributed by atoms with Crippen molar-refractivity contribution < 1.29 is 19.1 Å². The first kappa shape index (κ1) is 21.2. The Kier molecular flexibility index (Phi) is 6.89. The van der Waals surface area contributed by atoms with Crippen molar-refractivity contribution in [2.24, 2.45) is 0 Å². The van der Waals surface area contributed by atoms with Crippen LogP contribution < -0.4 is 20.7 Å². The predicted molar refractivity (Wildman–Crippen MR) is 113 cm³/mol. The topological polar surface area (TPSA) is 123 Å². The third-order valence-corrected chi connectivity index (χ3v) is 4.56. The second kappa shape index (κ2) is 9.77. The van der Waals surface area contributed by atoms with Gasteiger partial charge in [-0.1, -0.05) is 0 Å². The number of nitrogens with zero attached hydrogens (tertiary/aromatic N) is 4. The first-order chi connectivity index (χ1) is 14.5. The van der Waals surface area contributed by atoms with Crippen LogP contribution in [0.1, 0.15) is 24.2 Å². The van der Waals surface area contributed by atoms with Crippen molar-refractivity contribution in [1.29, 1.82) is 0 Å². The summed E-state index contributed by atoms with van der Waals surface area (Å²) in [6.45, 7) is 6.71. The molecule has 0 bridgehead atoms. The Balaban J connectivity index is 1.61. The van der Waals surface area contributed by atoms with Gasteiger partial charge in [0.25, 0.3) is 5.91 Å². The van der Waals surface area contributed by atoms with E-state index in [1.807, 2.05) is 11.8 Å². The average molecular weight is 414 g/mol. The summed E-state index contributed by atoms with van der Waals surface area (Å²) in [4.78, 5) is 36.5. The van der Waals surface area contributed by atoms with Crippen molar-refractivity contribution in [1.82, 2.24) is 14.9 Å². The van der Waals surface area contributed by atoms with Crippen molar-refractivity contribution in [3.63, 3.8) is 0 Å². The molecular formula is C20H26N6O4. The Morgan fingerprint density at radius 1 is 1.10 bits per heavy atom. The normalized spacial score (nSPS) is 13.7. The monoisotopic (exact) mass is 414 g/mol. The number of amides is 2. The van der Waals surface area contributed by atoms with Gasteiger partial charge in [-0.15, -0.1) is 0 Å². The Morgan fingerprint density at radius 2 is 1.80 bits per heavy atom. The third kappa shape index (κ3) is 5.07. The highest BCUT2D eigenvalue weighted by Crippen LogP contribution is 2.19. The average Bonchev–Trinajstić information content (AvgIpc) is 2.75. The first-order valence-corrected chi connectivity index (χ1v) is 9.85. The smallest absolute Gasteiger partial charge is 0.409 e. The van der Waals surface area contributed by atoms with Gasteiger partial charge >= 0.3 is 6.09 Å². The molecule has 1 aromatic carbocycles. The van der Waals surface area contributed by atoms with Crippen LogP contribution in [0.5, 0.6) is 5.75 Å². The summed E-state index contributed by atoms with van der Waals surface area (Å²) in [6, 6.07) is 7.05. The van der Waals surface area contributed by atoms with Crippen LogP contribution in [0, 0.1) is 0 Å². The van der Waals surface area contributed by atoms with E-state index in [9.17, 15) is 9.59 Å². The van der Waals surface area contributed by atoms with E-state index in [0.29, 0.717) is 51.0 Å². The predicted octanol–water partition coefficient (Wildman–Crippen LogP) is 1.99. The van der Waals surface area contributed by atoms with Gasteiger partial charge in [-0.05, 0) is 38.1 Å². The van der Waals surface area contributed by atoms with Crippen LogP contribution in [0.15, 0.2) is 30.5 Å². The lowest BCUT2D eigenvalue weighted by atomic mass is 10.2. The van der Waals surface area contributed by atoms with Gasteiger partial charge in [-0.2, -0.15) is 4.98 Å². The van der Waals surface area contributed by atoms with Gasteiger partial charge in [-0.3, -0.25) is 4.79 Å². The molecule has 0 saturated carbocycles. The molecule has 3 N–H and O–H groups in total. The highest BCUT2D eigenvalue weighted by molar-refractivity contribution is 6.07. The molecule has 0 spiro atoms. The van der Waals surface area contributed by atoms with Gasteiger partial charge in [-0.25, -0.2) is 9.78 Å². The summed E-state index contributed by atoms with van der Waals surface area (Å²) in [7, 11) is 0. The molecule has 0 aliphatic carbocycles. The SMILES string of the molecule is CCOC(=O)N1CCN(c2ncc(C(=O)Nc3ccc(OCC)cc3)c(N)n2)CC1. The Labute approximate surface area is 175 Å². The standard InChI is InChI=1S/C20H26N6O4/c1-3-29-15-7-5-14(6-8-15)23-18(27)16-13-22-19(24-17(16)21)25-9-11-26(12-10-25)20(28)30-4-2/h5-8,13H,3-4,9-12H2,1-2H3,(H,23,27)(H2,21,22,24). The van der Waals surface area contributed by atoms with Crippen molar-refractivity contribution in [2.75, 3.05) is 55.3 Å². The van der Waals surface area contributed by atoms with Crippen molar-refractivity contribution in [3.8, 4) is 5.75 Å².